The number of aromatic nitrogens is 1. The van der Waals surface area contributed by atoms with Crippen molar-refractivity contribution in [3.63, 3.8) is 0 Å². The van der Waals surface area contributed by atoms with E-state index in [0.717, 1.165) is 35.9 Å². The molecule has 0 spiro atoms. The average molecular weight is 277 g/mol. The second-order valence-electron chi connectivity index (χ2n) is 5.28. The summed E-state index contributed by atoms with van der Waals surface area (Å²) in [7, 11) is 1.69. The molecule has 0 amide bonds. The highest BCUT2D eigenvalue weighted by Gasteiger charge is 2.26. The molecule has 1 aliphatic heterocycles. The fourth-order valence-electron chi connectivity index (χ4n) is 2.56. The Hall–Kier alpha value is -1.17. The molecule has 2 unspecified atom stereocenters. The van der Waals surface area contributed by atoms with Gasteiger partial charge in [-0.3, -0.25) is 4.90 Å². The minimum Gasteiger partial charge on any atom is -0.497 e. The van der Waals surface area contributed by atoms with Crippen molar-refractivity contribution in [2.45, 2.75) is 19.5 Å². The first-order valence-corrected chi connectivity index (χ1v) is 7.39. The monoisotopic (exact) mass is 277 g/mol. The minimum atomic E-state index is 0.300. The molecule has 0 radical (unpaired) electrons. The van der Waals surface area contributed by atoms with Gasteiger partial charge in [0.15, 0.2) is 0 Å². The number of likely N-dealkylation sites (tertiary alicyclic amines) is 1. The molecule has 0 saturated carbocycles. The summed E-state index contributed by atoms with van der Waals surface area (Å²) in [6.07, 6.45) is 0. The smallest absolute Gasteiger partial charge is 0.120 e. The van der Waals surface area contributed by atoms with Crippen molar-refractivity contribution in [3.8, 4) is 5.75 Å². The summed E-state index contributed by atoms with van der Waals surface area (Å²) >= 11 is 1.74. The van der Waals surface area contributed by atoms with Gasteiger partial charge in [-0.25, -0.2) is 4.98 Å². The van der Waals surface area contributed by atoms with Gasteiger partial charge in [0, 0.05) is 19.1 Å². The summed E-state index contributed by atoms with van der Waals surface area (Å²) < 4.78 is 6.43. The molecule has 0 bridgehead atoms. The van der Waals surface area contributed by atoms with E-state index in [1.165, 1.54) is 4.70 Å². The number of rotatable bonds is 3. The van der Waals surface area contributed by atoms with E-state index < -0.39 is 0 Å². The minimum absolute atomic E-state index is 0.300. The van der Waals surface area contributed by atoms with Crippen LogP contribution in [0.15, 0.2) is 18.2 Å². The molecule has 1 aromatic carbocycles. The predicted molar refractivity (Wildman–Crippen MR) is 78.6 cm³/mol. The van der Waals surface area contributed by atoms with Crippen LogP contribution in [-0.2, 0) is 6.54 Å². The SMILES string of the molecule is COc1ccc2nc(CN3CC(C)C(N)C3)sc2c1. The maximum atomic E-state index is 6.06. The van der Waals surface area contributed by atoms with Gasteiger partial charge in [-0.15, -0.1) is 11.3 Å². The van der Waals surface area contributed by atoms with Gasteiger partial charge >= 0.3 is 0 Å². The highest BCUT2D eigenvalue weighted by molar-refractivity contribution is 7.18. The third-order valence-electron chi connectivity index (χ3n) is 3.74. The highest BCUT2D eigenvalue weighted by atomic mass is 32.1. The zero-order valence-corrected chi connectivity index (χ0v) is 12.1. The Labute approximate surface area is 117 Å². The summed E-state index contributed by atoms with van der Waals surface area (Å²) in [6, 6.07) is 6.33. The van der Waals surface area contributed by atoms with Crippen molar-refractivity contribution in [1.29, 1.82) is 0 Å². The molecule has 3 rings (SSSR count). The molecule has 1 aliphatic rings. The van der Waals surface area contributed by atoms with E-state index in [1.54, 1.807) is 18.4 Å². The van der Waals surface area contributed by atoms with Crippen LogP contribution in [0.3, 0.4) is 0 Å². The molecule has 2 N–H and O–H groups in total. The third-order valence-corrected chi connectivity index (χ3v) is 4.75. The molecule has 5 heteroatoms. The van der Waals surface area contributed by atoms with Crippen LogP contribution < -0.4 is 10.5 Å². The fraction of sp³-hybridized carbons (Fsp3) is 0.500. The average Bonchev–Trinajstić information content (AvgIpc) is 2.92. The zero-order chi connectivity index (χ0) is 13.4. The fourth-order valence-corrected chi connectivity index (χ4v) is 3.60. The number of thiazole rings is 1. The number of methoxy groups -OCH3 is 1. The van der Waals surface area contributed by atoms with Crippen molar-refractivity contribution in [2.75, 3.05) is 20.2 Å². The summed E-state index contributed by atoms with van der Waals surface area (Å²) in [4.78, 5) is 7.08. The van der Waals surface area contributed by atoms with Crippen LogP contribution >= 0.6 is 11.3 Å². The van der Waals surface area contributed by atoms with Gasteiger partial charge in [0.05, 0.1) is 23.9 Å². The lowest BCUT2D eigenvalue weighted by atomic mass is 10.1. The standard InChI is InChI=1S/C14H19N3OS/c1-9-6-17(7-11(9)15)8-14-16-12-4-3-10(18-2)5-13(12)19-14/h3-5,9,11H,6-8,15H2,1-2H3. The lowest BCUT2D eigenvalue weighted by Crippen LogP contribution is -2.28. The Bertz CT molecular complexity index is 573. The number of hydrogen-bond acceptors (Lipinski definition) is 5. The molecule has 2 aromatic rings. The molecule has 102 valence electrons. The van der Waals surface area contributed by atoms with E-state index in [-0.39, 0.29) is 0 Å². The van der Waals surface area contributed by atoms with Crippen LogP contribution in [0.2, 0.25) is 0 Å². The third kappa shape index (κ3) is 2.59. The van der Waals surface area contributed by atoms with Crippen LogP contribution in [0.25, 0.3) is 10.2 Å². The number of nitrogens with two attached hydrogens (primary N) is 1. The van der Waals surface area contributed by atoms with Crippen molar-refractivity contribution < 1.29 is 4.74 Å². The molecule has 4 nitrogen and oxygen atoms in total. The Morgan fingerprint density at radius 3 is 3.00 bits per heavy atom. The van der Waals surface area contributed by atoms with Gasteiger partial charge in [-0.1, -0.05) is 6.92 Å². The summed E-state index contributed by atoms with van der Waals surface area (Å²) in [5, 5.41) is 1.16. The Morgan fingerprint density at radius 2 is 2.32 bits per heavy atom. The van der Waals surface area contributed by atoms with Crippen molar-refractivity contribution in [1.82, 2.24) is 9.88 Å². The predicted octanol–water partition coefficient (Wildman–Crippen LogP) is 2.08. The molecule has 2 heterocycles. The molecule has 1 fully saturated rings. The van der Waals surface area contributed by atoms with Crippen molar-refractivity contribution >= 4 is 21.6 Å². The van der Waals surface area contributed by atoms with Crippen LogP contribution in [0, 0.1) is 5.92 Å². The molecular weight excluding hydrogens is 258 g/mol. The van der Waals surface area contributed by atoms with Crippen LogP contribution in [-0.4, -0.2) is 36.1 Å². The lowest BCUT2D eigenvalue weighted by Gasteiger charge is -2.12. The summed E-state index contributed by atoms with van der Waals surface area (Å²) in [5.41, 5.74) is 7.11. The second-order valence-corrected chi connectivity index (χ2v) is 6.39. The van der Waals surface area contributed by atoms with Gasteiger partial charge < -0.3 is 10.5 Å². The van der Waals surface area contributed by atoms with Gasteiger partial charge in [-0.05, 0) is 24.1 Å². The van der Waals surface area contributed by atoms with Crippen LogP contribution in [0.1, 0.15) is 11.9 Å². The Balaban J connectivity index is 1.78. The first-order chi connectivity index (χ1) is 9.15. The van der Waals surface area contributed by atoms with Gasteiger partial charge in [0.25, 0.3) is 0 Å². The Morgan fingerprint density at radius 1 is 1.47 bits per heavy atom. The van der Waals surface area contributed by atoms with E-state index in [2.05, 4.69) is 22.9 Å². The first kappa shape index (κ1) is 12.8. The summed E-state index contributed by atoms with van der Waals surface area (Å²) in [6.45, 7) is 5.16. The molecule has 19 heavy (non-hydrogen) atoms. The molecule has 0 aliphatic carbocycles. The van der Waals surface area contributed by atoms with E-state index in [4.69, 9.17) is 10.5 Å². The topological polar surface area (TPSA) is 51.4 Å². The van der Waals surface area contributed by atoms with Gasteiger partial charge in [0.2, 0.25) is 0 Å². The number of hydrogen-bond donors (Lipinski definition) is 1. The largest absolute Gasteiger partial charge is 0.497 e. The molecule has 1 aromatic heterocycles. The van der Waals surface area contributed by atoms with Gasteiger partial charge in [-0.2, -0.15) is 0 Å². The second kappa shape index (κ2) is 5.07. The van der Waals surface area contributed by atoms with Crippen molar-refractivity contribution in [2.24, 2.45) is 11.7 Å². The van der Waals surface area contributed by atoms with E-state index in [0.29, 0.717) is 12.0 Å². The Kier molecular flexibility index (Phi) is 3.43. The highest BCUT2D eigenvalue weighted by Crippen LogP contribution is 2.28. The quantitative estimate of drug-likeness (QED) is 0.933. The van der Waals surface area contributed by atoms with Crippen LogP contribution in [0.5, 0.6) is 5.75 Å². The number of nitrogens with zero attached hydrogens (tertiary/aromatic N) is 2. The first-order valence-electron chi connectivity index (χ1n) is 6.57. The lowest BCUT2D eigenvalue weighted by molar-refractivity contribution is 0.318. The van der Waals surface area contributed by atoms with Gasteiger partial charge in [0.1, 0.15) is 10.8 Å². The maximum absolute atomic E-state index is 6.06. The van der Waals surface area contributed by atoms with E-state index in [1.807, 2.05) is 12.1 Å². The normalized spacial score (nSPS) is 24.2. The van der Waals surface area contributed by atoms with Crippen molar-refractivity contribution in [3.05, 3.63) is 23.2 Å². The zero-order valence-electron chi connectivity index (χ0n) is 11.3. The number of ether oxygens (including phenoxy) is 1. The van der Waals surface area contributed by atoms with Crippen LogP contribution in [0.4, 0.5) is 0 Å². The molecular formula is C14H19N3OS. The van der Waals surface area contributed by atoms with E-state index >= 15 is 0 Å². The van der Waals surface area contributed by atoms with E-state index in [9.17, 15) is 0 Å². The number of benzene rings is 1. The maximum Gasteiger partial charge on any atom is 0.120 e. The summed E-state index contributed by atoms with van der Waals surface area (Å²) in [5.74, 6) is 1.47. The molecule has 1 saturated heterocycles. The number of fused-ring (bicyclic) bond motifs is 1. The molecule has 2 atom stereocenters.